The third kappa shape index (κ3) is 2.88. The van der Waals surface area contributed by atoms with Crippen LogP contribution in [0.4, 0.5) is 4.39 Å². The highest BCUT2D eigenvalue weighted by molar-refractivity contribution is 5.88. The van der Waals surface area contributed by atoms with Crippen LogP contribution in [-0.4, -0.2) is 25.3 Å². The Kier molecular flexibility index (Phi) is 3.84. The zero-order valence-electron chi connectivity index (χ0n) is 14.2. The van der Waals surface area contributed by atoms with Crippen LogP contribution < -0.4 is 0 Å². The van der Waals surface area contributed by atoms with E-state index < -0.39 is 0 Å². The zero-order valence-corrected chi connectivity index (χ0v) is 14.2. The Morgan fingerprint density at radius 2 is 1.69 bits per heavy atom. The number of hydrogen-bond donors (Lipinski definition) is 1. The van der Waals surface area contributed by atoms with Gasteiger partial charge in [-0.3, -0.25) is 0 Å². The highest BCUT2D eigenvalue weighted by Gasteiger charge is 2.17. The van der Waals surface area contributed by atoms with Gasteiger partial charge in [0.05, 0.1) is 28.9 Å². The minimum atomic E-state index is -0.298. The van der Waals surface area contributed by atoms with E-state index >= 15 is 0 Å². The maximum Gasteiger partial charge on any atom is 0.251 e. The molecule has 2 aromatic carbocycles. The molecule has 0 atom stereocenters. The molecular weight excluding hydrogens is 335 g/mol. The van der Waals surface area contributed by atoms with Crippen molar-refractivity contribution in [2.75, 3.05) is 0 Å². The summed E-state index contributed by atoms with van der Waals surface area (Å²) in [6, 6.07) is 9.51. The van der Waals surface area contributed by atoms with Crippen molar-refractivity contribution in [2.24, 2.45) is 0 Å². The molecule has 2 heterocycles. The number of nitrogens with zero attached hydrogens (tertiary/aromatic N) is 4. The fourth-order valence-corrected chi connectivity index (χ4v) is 2.66. The minimum absolute atomic E-state index is 0.0462. The van der Waals surface area contributed by atoms with Crippen molar-refractivity contribution in [1.82, 2.24) is 20.2 Å². The predicted octanol–water partition coefficient (Wildman–Crippen LogP) is 3.73. The van der Waals surface area contributed by atoms with Crippen LogP contribution in [0.25, 0.3) is 22.5 Å². The third-order valence-electron chi connectivity index (χ3n) is 4.19. The Morgan fingerprint density at radius 1 is 0.962 bits per heavy atom. The fourth-order valence-electron chi connectivity index (χ4n) is 2.66. The van der Waals surface area contributed by atoms with Crippen LogP contribution in [0.15, 0.2) is 40.8 Å². The summed E-state index contributed by atoms with van der Waals surface area (Å²) in [4.78, 5) is 8.82. The summed E-state index contributed by atoms with van der Waals surface area (Å²) in [6.45, 7) is 3.70. The van der Waals surface area contributed by atoms with E-state index in [4.69, 9.17) is 4.42 Å². The lowest BCUT2D eigenvalue weighted by molar-refractivity contribution is 0.474. The number of aromatic nitrogens is 4. The first-order valence-corrected chi connectivity index (χ1v) is 8.05. The third-order valence-corrected chi connectivity index (χ3v) is 4.19. The van der Waals surface area contributed by atoms with Gasteiger partial charge in [0.1, 0.15) is 11.3 Å². The Bertz CT molecular complexity index is 1110. The number of halogens is 1. The van der Waals surface area contributed by atoms with Crippen molar-refractivity contribution < 1.29 is 13.9 Å². The highest BCUT2D eigenvalue weighted by Crippen LogP contribution is 2.34. The molecule has 0 amide bonds. The SMILES string of the molecule is Cc1nc2ccc(-c3nnc(Cc4ccc(F)cc4)o3)c(O)c2nc1C. The average Bonchev–Trinajstić information content (AvgIpc) is 3.07. The molecular formula is C19H15FN4O2. The van der Waals surface area contributed by atoms with E-state index in [1.165, 1.54) is 12.1 Å². The van der Waals surface area contributed by atoms with Crippen molar-refractivity contribution in [3.8, 4) is 17.2 Å². The van der Waals surface area contributed by atoms with Crippen LogP contribution in [0.2, 0.25) is 0 Å². The molecule has 0 fully saturated rings. The van der Waals surface area contributed by atoms with Crippen LogP contribution in [0.1, 0.15) is 22.8 Å². The monoisotopic (exact) mass is 350 g/mol. The van der Waals surface area contributed by atoms with Gasteiger partial charge in [0.15, 0.2) is 5.75 Å². The Labute approximate surface area is 148 Å². The van der Waals surface area contributed by atoms with Crippen molar-refractivity contribution in [3.63, 3.8) is 0 Å². The van der Waals surface area contributed by atoms with Crippen LogP contribution >= 0.6 is 0 Å². The van der Waals surface area contributed by atoms with Gasteiger partial charge < -0.3 is 9.52 Å². The predicted molar refractivity (Wildman–Crippen MR) is 93.2 cm³/mol. The quantitative estimate of drug-likeness (QED) is 0.606. The molecule has 0 aliphatic carbocycles. The summed E-state index contributed by atoms with van der Waals surface area (Å²) >= 11 is 0. The van der Waals surface area contributed by atoms with Gasteiger partial charge in [0, 0.05) is 0 Å². The Morgan fingerprint density at radius 3 is 2.46 bits per heavy atom. The van der Waals surface area contributed by atoms with Crippen LogP contribution in [0.3, 0.4) is 0 Å². The van der Waals surface area contributed by atoms with Gasteiger partial charge in [-0.05, 0) is 43.7 Å². The van der Waals surface area contributed by atoms with E-state index in [-0.39, 0.29) is 17.5 Å². The van der Waals surface area contributed by atoms with E-state index in [1.807, 2.05) is 13.8 Å². The molecule has 130 valence electrons. The first-order chi connectivity index (χ1) is 12.5. The number of aromatic hydroxyl groups is 1. The lowest BCUT2D eigenvalue weighted by Gasteiger charge is -2.06. The summed E-state index contributed by atoms with van der Waals surface area (Å²) in [5, 5.41) is 18.6. The van der Waals surface area contributed by atoms with E-state index in [0.29, 0.717) is 28.9 Å². The standard InChI is InChI=1S/C19H15FN4O2/c1-10-11(2)22-17-15(21-10)8-7-14(18(17)25)19-24-23-16(26-19)9-12-3-5-13(20)6-4-12/h3-8,25H,9H2,1-2H3. The second kappa shape index (κ2) is 6.18. The van der Waals surface area contributed by atoms with E-state index in [0.717, 1.165) is 17.0 Å². The molecule has 4 aromatic rings. The molecule has 1 N–H and O–H groups in total. The number of rotatable bonds is 3. The average molecular weight is 350 g/mol. The maximum atomic E-state index is 13.0. The molecule has 26 heavy (non-hydrogen) atoms. The largest absolute Gasteiger partial charge is 0.505 e. The first-order valence-electron chi connectivity index (χ1n) is 8.05. The Hall–Kier alpha value is -3.35. The van der Waals surface area contributed by atoms with Crippen molar-refractivity contribution in [3.05, 3.63) is 65.1 Å². The summed E-state index contributed by atoms with van der Waals surface area (Å²) < 4.78 is 18.6. The molecule has 2 aromatic heterocycles. The molecule has 6 nitrogen and oxygen atoms in total. The van der Waals surface area contributed by atoms with Crippen molar-refractivity contribution in [2.45, 2.75) is 20.3 Å². The molecule has 0 unspecified atom stereocenters. The second-order valence-corrected chi connectivity index (χ2v) is 6.03. The van der Waals surface area contributed by atoms with Gasteiger partial charge in [0.25, 0.3) is 5.89 Å². The van der Waals surface area contributed by atoms with E-state index in [2.05, 4.69) is 20.2 Å². The normalized spacial score (nSPS) is 11.2. The van der Waals surface area contributed by atoms with Gasteiger partial charge in [-0.2, -0.15) is 0 Å². The molecule has 0 bridgehead atoms. The summed E-state index contributed by atoms with van der Waals surface area (Å²) in [5.41, 5.74) is 3.79. The highest BCUT2D eigenvalue weighted by atomic mass is 19.1. The van der Waals surface area contributed by atoms with Crippen molar-refractivity contribution >= 4 is 11.0 Å². The van der Waals surface area contributed by atoms with Gasteiger partial charge in [-0.25, -0.2) is 14.4 Å². The molecule has 7 heteroatoms. The van der Waals surface area contributed by atoms with Crippen LogP contribution in [0, 0.1) is 19.7 Å². The fraction of sp³-hybridized carbons (Fsp3) is 0.158. The number of hydrogen-bond acceptors (Lipinski definition) is 6. The topological polar surface area (TPSA) is 84.9 Å². The summed E-state index contributed by atoms with van der Waals surface area (Å²) in [7, 11) is 0. The van der Waals surface area contributed by atoms with Gasteiger partial charge in [-0.15, -0.1) is 10.2 Å². The number of aryl methyl sites for hydroxylation is 2. The zero-order chi connectivity index (χ0) is 18.3. The lowest BCUT2D eigenvalue weighted by Crippen LogP contribution is -1.94. The smallest absolute Gasteiger partial charge is 0.251 e. The molecule has 0 aliphatic rings. The number of benzene rings is 2. The Balaban J connectivity index is 1.70. The lowest BCUT2D eigenvalue weighted by atomic mass is 10.1. The summed E-state index contributed by atoms with van der Waals surface area (Å²) in [5.74, 6) is 0.224. The first kappa shape index (κ1) is 16.1. The van der Waals surface area contributed by atoms with E-state index in [1.54, 1.807) is 24.3 Å². The van der Waals surface area contributed by atoms with E-state index in [9.17, 15) is 9.50 Å². The second-order valence-electron chi connectivity index (χ2n) is 6.03. The van der Waals surface area contributed by atoms with Gasteiger partial charge >= 0.3 is 0 Å². The number of phenols is 1. The number of fused-ring (bicyclic) bond motifs is 1. The van der Waals surface area contributed by atoms with Gasteiger partial charge in [-0.1, -0.05) is 12.1 Å². The molecule has 0 saturated carbocycles. The van der Waals surface area contributed by atoms with Crippen molar-refractivity contribution in [1.29, 1.82) is 0 Å². The maximum absolute atomic E-state index is 13.0. The van der Waals surface area contributed by atoms with Crippen LogP contribution in [-0.2, 0) is 6.42 Å². The molecule has 4 rings (SSSR count). The minimum Gasteiger partial charge on any atom is -0.505 e. The molecule has 0 spiro atoms. The van der Waals surface area contributed by atoms with Crippen LogP contribution in [0.5, 0.6) is 5.75 Å². The summed E-state index contributed by atoms with van der Waals surface area (Å²) in [6.07, 6.45) is 0.375. The molecule has 0 saturated heterocycles. The van der Waals surface area contributed by atoms with Gasteiger partial charge in [0.2, 0.25) is 5.89 Å². The number of phenolic OH excluding ortho intramolecular Hbond substituents is 1. The molecule has 0 radical (unpaired) electrons. The molecule has 0 aliphatic heterocycles.